The number of likely N-dealkylation sites (N-methyl/N-ethyl adjacent to an activating group) is 1. The number of likely N-dealkylation sites (tertiary alicyclic amines) is 1. The third-order valence-corrected chi connectivity index (χ3v) is 5.61. The molecule has 1 atom stereocenters. The zero-order valence-corrected chi connectivity index (χ0v) is 17.2. The van der Waals surface area contributed by atoms with E-state index in [2.05, 4.69) is 23.9 Å². The number of hydrogen-bond acceptors (Lipinski definition) is 4. The molecule has 0 N–H and O–H groups in total. The molecule has 0 aliphatic carbocycles. The van der Waals surface area contributed by atoms with Gasteiger partial charge in [-0.3, -0.25) is 4.90 Å². The molecular formula is C23H27FN4O. The van der Waals surface area contributed by atoms with E-state index in [4.69, 9.17) is 9.84 Å². The van der Waals surface area contributed by atoms with E-state index in [-0.39, 0.29) is 5.82 Å². The zero-order chi connectivity index (χ0) is 20.4. The number of halogens is 1. The van der Waals surface area contributed by atoms with E-state index in [1.165, 1.54) is 6.07 Å². The maximum Gasteiger partial charge on any atom is 0.136 e. The van der Waals surface area contributed by atoms with Crippen LogP contribution in [0, 0.1) is 5.82 Å². The lowest BCUT2D eigenvalue weighted by atomic mass is 10.1. The van der Waals surface area contributed by atoms with Crippen LogP contribution in [0.15, 0.2) is 54.7 Å². The molecule has 3 aromatic rings. The van der Waals surface area contributed by atoms with E-state index in [1.807, 2.05) is 41.2 Å². The van der Waals surface area contributed by atoms with Crippen LogP contribution in [0.1, 0.15) is 12.0 Å². The smallest absolute Gasteiger partial charge is 0.136 e. The summed E-state index contributed by atoms with van der Waals surface area (Å²) in [4.78, 5) is 4.69. The van der Waals surface area contributed by atoms with Crippen molar-refractivity contribution in [3.05, 3.63) is 66.1 Å². The highest BCUT2D eigenvalue weighted by Gasteiger charge is 2.26. The van der Waals surface area contributed by atoms with Gasteiger partial charge < -0.3 is 9.64 Å². The summed E-state index contributed by atoms with van der Waals surface area (Å²) in [5, 5.41) is 4.76. The minimum Gasteiger partial charge on any atom is -0.497 e. The van der Waals surface area contributed by atoms with Gasteiger partial charge in [0, 0.05) is 49.1 Å². The summed E-state index contributed by atoms with van der Waals surface area (Å²) in [6.45, 7) is 2.79. The summed E-state index contributed by atoms with van der Waals surface area (Å²) in [6, 6.07) is 15.4. The number of benzene rings is 2. The largest absolute Gasteiger partial charge is 0.497 e. The van der Waals surface area contributed by atoms with Gasteiger partial charge in [-0.25, -0.2) is 9.07 Å². The maximum absolute atomic E-state index is 14.8. The van der Waals surface area contributed by atoms with Gasteiger partial charge in [0.25, 0.3) is 0 Å². The minimum absolute atomic E-state index is 0.323. The Bertz CT molecular complexity index is 970. The highest BCUT2D eigenvalue weighted by molar-refractivity contribution is 5.65. The SMILES string of the molecule is COc1ccc(-c2nn(-c3ccccc3)cc2CN2CC[C@@H](N(C)C)C2)c(F)c1. The molecule has 1 fully saturated rings. The Labute approximate surface area is 171 Å². The molecule has 0 spiro atoms. The lowest BCUT2D eigenvalue weighted by Gasteiger charge is -2.20. The molecule has 0 unspecified atom stereocenters. The normalized spacial score (nSPS) is 17.2. The molecule has 6 heteroatoms. The van der Waals surface area contributed by atoms with Gasteiger partial charge in [-0.15, -0.1) is 0 Å². The Balaban J connectivity index is 1.70. The van der Waals surface area contributed by atoms with E-state index < -0.39 is 0 Å². The third-order valence-electron chi connectivity index (χ3n) is 5.61. The van der Waals surface area contributed by atoms with Crippen molar-refractivity contribution in [2.75, 3.05) is 34.3 Å². The average Bonchev–Trinajstić information content (AvgIpc) is 3.36. The number of aromatic nitrogens is 2. The van der Waals surface area contributed by atoms with E-state index >= 15 is 0 Å². The van der Waals surface area contributed by atoms with Gasteiger partial charge in [0.1, 0.15) is 17.3 Å². The molecular weight excluding hydrogens is 367 g/mol. The van der Waals surface area contributed by atoms with Crippen LogP contribution in [0.3, 0.4) is 0 Å². The molecule has 0 amide bonds. The van der Waals surface area contributed by atoms with Crippen molar-refractivity contribution in [3.8, 4) is 22.7 Å². The first-order valence-corrected chi connectivity index (χ1v) is 9.92. The van der Waals surface area contributed by atoms with Gasteiger partial charge >= 0.3 is 0 Å². The van der Waals surface area contributed by atoms with Crippen LogP contribution in [0.2, 0.25) is 0 Å². The van der Waals surface area contributed by atoms with Gasteiger partial charge in [0.15, 0.2) is 0 Å². The van der Waals surface area contributed by atoms with Crippen molar-refractivity contribution in [2.24, 2.45) is 0 Å². The number of rotatable bonds is 6. The van der Waals surface area contributed by atoms with Crippen LogP contribution in [0.4, 0.5) is 4.39 Å². The number of nitrogens with zero attached hydrogens (tertiary/aromatic N) is 4. The van der Waals surface area contributed by atoms with Crippen LogP contribution in [0.25, 0.3) is 16.9 Å². The minimum atomic E-state index is -0.323. The van der Waals surface area contributed by atoms with E-state index in [0.29, 0.717) is 23.0 Å². The summed E-state index contributed by atoms with van der Waals surface area (Å²) >= 11 is 0. The van der Waals surface area contributed by atoms with Gasteiger partial charge in [-0.2, -0.15) is 5.10 Å². The molecule has 1 aliphatic heterocycles. The Kier molecular flexibility index (Phi) is 5.65. The van der Waals surface area contributed by atoms with Crippen molar-refractivity contribution in [2.45, 2.75) is 19.0 Å². The van der Waals surface area contributed by atoms with Crippen molar-refractivity contribution in [3.63, 3.8) is 0 Å². The quantitative estimate of drug-likeness (QED) is 0.636. The van der Waals surface area contributed by atoms with Crippen molar-refractivity contribution in [1.29, 1.82) is 0 Å². The molecule has 1 saturated heterocycles. The number of methoxy groups -OCH3 is 1. The van der Waals surface area contributed by atoms with E-state index in [0.717, 1.165) is 37.3 Å². The molecule has 0 saturated carbocycles. The Hall–Kier alpha value is -2.70. The lowest BCUT2D eigenvalue weighted by molar-refractivity contribution is 0.265. The highest BCUT2D eigenvalue weighted by Crippen LogP contribution is 2.30. The van der Waals surface area contributed by atoms with Crippen molar-refractivity contribution in [1.82, 2.24) is 19.6 Å². The first-order valence-electron chi connectivity index (χ1n) is 9.92. The first-order chi connectivity index (χ1) is 14.0. The monoisotopic (exact) mass is 394 g/mol. The molecule has 0 radical (unpaired) electrons. The van der Waals surface area contributed by atoms with Crippen LogP contribution in [-0.4, -0.2) is 59.9 Å². The fourth-order valence-electron chi connectivity index (χ4n) is 3.90. The van der Waals surface area contributed by atoms with E-state index in [9.17, 15) is 4.39 Å². The molecule has 152 valence electrons. The molecule has 0 bridgehead atoms. The Morgan fingerprint density at radius 3 is 2.62 bits per heavy atom. The molecule has 5 nitrogen and oxygen atoms in total. The molecule has 2 aromatic carbocycles. The predicted molar refractivity (Wildman–Crippen MR) is 113 cm³/mol. The molecule has 4 rings (SSSR count). The predicted octanol–water partition coefficient (Wildman–Crippen LogP) is 3.82. The lowest BCUT2D eigenvalue weighted by Crippen LogP contribution is -2.31. The second kappa shape index (κ2) is 8.35. The van der Waals surface area contributed by atoms with Crippen LogP contribution < -0.4 is 4.74 Å². The Morgan fingerprint density at radius 2 is 1.97 bits per heavy atom. The number of hydrogen-bond donors (Lipinski definition) is 0. The second-order valence-electron chi connectivity index (χ2n) is 7.77. The summed E-state index contributed by atoms with van der Waals surface area (Å²) in [5.74, 6) is 0.181. The summed E-state index contributed by atoms with van der Waals surface area (Å²) in [5.41, 5.74) is 3.17. The third kappa shape index (κ3) is 4.18. The number of ether oxygens (including phenoxy) is 1. The standard InChI is InChI=1S/C23H27FN4O/c1-26(2)19-11-12-27(16-19)14-17-15-28(18-7-5-4-6-8-18)25-23(17)21-10-9-20(29-3)13-22(21)24/h4-10,13,15,19H,11-12,14,16H2,1-3H3/t19-/m1/s1. The van der Waals surface area contributed by atoms with Crippen molar-refractivity contribution < 1.29 is 9.13 Å². The first kappa shape index (κ1) is 19.6. The molecule has 29 heavy (non-hydrogen) atoms. The van der Waals surface area contributed by atoms with Crippen LogP contribution in [0.5, 0.6) is 5.75 Å². The summed E-state index contributed by atoms with van der Waals surface area (Å²) < 4.78 is 21.8. The summed E-state index contributed by atoms with van der Waals surface area (Å²) in [7, 11) is 5.79. The van der Waals surface area contributed by atoms with Crippen molar-refractivity contribution >= 4 is 0 Å². The van der Waals surface area contributed by atoms with Crippen LogP contribution >= 0.6 is 0 Å². The molecule has 1 aromatic heterocycles. The summed E-state index contributed by atoms with van der Waals surface area (Å²) in [6.07, 6.45) is 3.17. The topological polar surface area (TPSA) is 33.5 Å². The van der Waals surface area contributed by atoms with E-state index in [1.54, 1.807) is 19.2 Å². The second-order valence-corrected chi connectivity index (χ2v) is 7.77. The van der Waals surface area contributed by atoms with Crippen LogP contribution in [-0.2, 0) is 6.54 Å². The van der Waals surface area contributed by atoms with Gasteiger partial charge in [0.2, 0.25) is 0 Å². The average molecular weight is 394 g/mol. The zero-order valence-electron chi connectivity index (χ0n) is 17.2. The fourth-order valence-corrected chi connectivity index (χ4v) is 3.90. The van der Waals surface area contributed by atoms with Gasteiger partial charge in [-0.05, 0) is 44.8 Å². The maximum atomic E-state index is 14.8. The fraction of sp³-hybridized carbons (Fsp3) is 0.348. The molecule has 1 aliphatic rings. The Morgan fingerprint density at radius 1 is 1.17 bits per heavy atom. The van der Waals surface area contributed by atoms with Gasteiger partial charge in [-0.1, -0.05) is 18.2 Å². The number of para-hydroxylation sites is 1. The molecule has 2 heterocycles. The highest BCUT2D eigenvalue weighted by atomic mass is 19.1. The van der Waals surface area contributed by atoms with Gasteiger partial charge in [0.05, 0.1) is 12.8 Å².